The highest BCUT2D eigenvalue weighted by Gasteiger charge is 2.34. The van der Waals surface area contributed by atoms with Crippen LogP contribution in [0.1, 0.15) is 37.0 Å². The van der Waals surface area contributed by atoms with Crippen LogP contribution in [0.25, 0.3) is 0 Å². The Morgan fingerprint density at radius 2 is 1.64 bits per heavy atom. The number of ether oxygens (including phenoxy) is 1. The molecule has 42 heavy (non-hydrogen) atoms. The van der Waals surface area contributed by atoms with Gasteiger partial charge in [-0.05, 0) is 63.1 Å². The van der Waals surface area contributed by atoms with Crippen molar-refractivity contribution >= 4 is 33.2 Å². The van der Waals surface area contributed by atoms with Crippen molar-refractivity contribution in [3.63, 3.8) is 0 Å². The number of anilines is 1. The van der Waals surface area contributed by atoms with Crippen LogP contribution in [0.5, 0.6) is 5.75 Å². The van der Waals surface area contributed by atoms with Gasteiger partial charge in [-0.25, -0.2) is 8.42 Å². The standard InChI is InChI=1S/C30H36N4O7S/c1-6-27(30(36)31-7-2)32(19-23-11-8-21(3)9-12-23)29(35)20-33(24-13-15-25(41-5)16-14-24)42(39,40)26-17-10-22(4)28(18-26)34(37)38/h8-18,27H,6-7,19-20H2,1-5H3,(H,31,36). The van der Waals surface area contributed by atoms with E-state index >= 15 is 0 Å². The van der Waals surface area contributed by atoms with Gasteiger partial charge in [0.05, 0.1) is 22.6 Å². The first-order valence-corrected chi connectivity index (χ1v) is 14.9. The zero-order chi connectivity index (χ0) is 31.0. The number of sulfonamides is 1. The Balaban J connectivity index is 2.11. The number of aryl methyl sites for hydroxylation is 2. The lowest BCUT2D eigenvalue weighted by Crippen LogP contribution is -2.52. The van der Waals surface area contributed by atoms with Crippen molar-refractivity contribution in [3.05, 3.63) is 93.5 Å². The van der Waals surface area contributed by atoms with E-state index in [2.05, 4.69) is 5.32 Å². The fourth-order valence-corrected chi connectivity index (χ4v) is 5.89. The highest BCUT2D eigenvalue weighted by molar-refractivity contribution is 7.92. The van der Waals surface area contributed by atoms with Crippen molar-refractivity contribution in [2.75, 3.05) is 24.5 Å². The Hall–Kier alpha value is -4.45. The summed E-state index contributed by atoms with van der Waals surface area (Å²) in [4.78, 5) is 39.0. The maximum atomic E-state index is 14.0. The number of rotatable bonds is 13. The van der Waals surface area contributed by atoms with Crippen LogP contribution < -0.4 is 14.4 Å². The summed E-state index contributed by atoms with van der Waals surface area (Å²) in [5, 5.41) is 14.3. The van der Waals surface area contributed by atoms with Crippen molar-refractivity contribution in [2.24, 2.45) is 0 Å². The van der Waals surface area contributed by atoms with E-state index in [0.717, 1.165) is 21.5 Å². The first-order chi connectivity index (χ1) is 19.9. The van der Waals surface area contributed by atoms with Gasteiger partial charge in [-0.15, -0.1) is 0 Å². The van der Waals surface area contributed by atoms with E-state index < -0.39 is 33.4 Å². The SMILES string of the molecule is CCNC(=O)C(CC)N(Cc1ccc(C)cc1)C(=O)CN(c1ccc(OC)cc1)S(=O)(=O)c1ccc(C)c([N+](=O)[O-])c1. The Morgan fingerprint density at radius 3 is 2.19 bits per heavy atom. The van der Waals surface area contributed by atoms with E-state index in [4.69, 9.17) is 4.74 Å². The zero-order valence-electron chi connectivity index (χ0n) is 24.4. The van der Waals surface area contributed by atoms with Gasteiger partial charge >= 0.3 is 0 Å². The predicted octanol–water partition coefficient (Wildman–Crippen LogP) is 4.36. The summed E-state index contributed by atoms with van der Waals surface area (Å²) in [6.07, 6.45) is 0.295. The maximum absolute atomic E-state index is 14.0. The molecular weight excluding hydrogens is 560 g/mol. The Kier molecular flexibility index (Phi) is 10.6. The maximum Gasteiger partial charge on any atom is 0.273 e. The third kappa shape index (κ3) is 7.43. The van der Waals surface area contributed by atoms with E-state index in [-0.39, 0.29) is 28.7 Å². The van der Waals surface area contributed by atoms with Crippen molar-refractivity contribution < 1.29 is 27.7 Å². The van der Waals surface area contributed by atoms with Crippen LogP contribution in [-0.4, -0.2) is 56.3 Å². The minimum atomic E-state index is -4.48. The summed E-state index contributed by atoms with van der Waals surface area (Å²) < 4.78 is 34.2. The first-order valence-electron chi connectivity index (χ1n) is 13.5. The van der Waals surface area contributed by atoms with Gasteiger partial charge in [0.15, 0.2) is 0 Å². The van der Waals surface area contributed by atoms with Gasteiger partial charge in [-0.2, -0.15) is 0 Å². The Morgan fingerprint density at radius 1 is 1.00 bits per heavy atom. The molecule has 224 valence electrons. The molecule has 2 amide bonds. The second-order valence-corrected chi connectivity index (χ2v) is 11.6. The molecule has 0 aliphatic rings. The van der Waals surface area contributed by atoms with Gasteiger partial charge in [-0.1, -0.05) is 42.8 Å². The lowest BCUT2D eigenvalue weighted by Gasteiger charge is -2.33. The molecule has 0 bridgehead atoms. The van der Waals surface area contributed by atoms with Gasteiger partial charge in [0.25, 0.3) is 15.7 Å². The van der Waals surface area contributed by atoms with Crippen molar-refractivity contribution in [2.45, 2.75) is 51.6 Å². The Bertz CT molecular complexity index is 1520. The summed E-state index contributed by atoms with van der Waals surface area (Å²) in [5.74, 6) is -0.500. The molecule has 0 fully saturated rings. The van der Waals surface area contributed by atoms with Gasteiger partial charge in [-0.3, -0.25) is 24.0 Å². The second kappa shape index (κ2) is 13.9. The number of nitrogens with one attached hydrogen (secondary N) is 1. The lowest BCUT2D eigenvalue weighted by atomic mass is 10.1. The molecule has 12 heteroatoms. The molecular formula is C30H36N4O7S. The molecule has 0 radical (unpaired) electrons. The largest absolute Gasteiger partial charge is 0.497 e. The molecule has 0 aromatic heterocycles. The molecule has 1 unspecified atom stereocenters. The average molecular weight is 597 g/mol. The summed E-state index contributed by atoms with van der Waals surface area (Å²) >= 11 is 0. The molecule has 0 heterocycles. The van der Waals surface area contributed by atoms with E-state index in [0.29, 0.717) is 24.3 Å². The summed E-state index contributed by atoms with van der Waals surface area (Å²) in [5.41, 5.74) is 1.87. The van der Waals surface area contributed by atoms with Crippen LogP contribution in [0, 0.1) is 24.0 Å². The number of amides is 2. The second-order valence-electron chi connectivity index (χ2n) is 9.74. The third-order valence-electron chi connectivity index (χ3n) is 6.82. The Labute approximate surface area is 246 Å². The number of carbonyl (C=O) groups is 2. The summed E-state index contributed by atoms with van der Waals surface area (Å²) in [7, 11) is -3.01. The molecule has 0 saturated heterocycles. The van der Waals surface area contributed by atoms with E-state index in [1.165, 1.54) is 43.2 Å². The van der Waals surface area contributed by atoms with Gasteiger partial charge < -0.3 is 15.0 Å². The molecule has 1 atom stereocenters. The summed E-state index contributed by atoms with van der Waals surface area (Å²) in [6.45, 7) is 6.77. The molecule has 0 aliphatic carbocycles. The smallest absolute Gasteiger partial charge is 0.273 e. The zero-order valence-corrected chi connectivity index (χ0v) is 25.2. The summed E-state index contributed by atoms with van der Waals surface area (Å²) in [6, 6.07) is 16.3. The molecule has 3 aromatic rings. The molecule has 3 aromatic carbocycles. The number of nitro benzene ring substituents is 1. The number of benzene rings is 3. The average Bonchev–Trinajstić information content (AvgIpc) is 2.96. The quantitative estimate of drug-likeness (QED) is 0.228. The molecule has 0 saturated carbocycles. The molecule has 3 rings (SSSR count). The van der Waals surface area contributed by atoms with Crippen LogP contribution >= 0.6 is 0 Å². The normalized spacial score (nSPS) is 11.8. The third-order valence-corrected chi connectivity index (χ3v) is 8.58. The van der Waals surface area contributed by atoms with Crippen LogP contribution in [0.2, 0.25) is 0 Å². The minimum Gasteiger partial charge on any atom is -0.497 e. The van der Waals surface area contributed by atoms with Gasteiger partial charge in [0.1, 0.15) is 18.3 Å². The van der Waals surface area contributed by atoms with Crippen LogP contribution in [0.15, 0.2) is 71.6 Å². The minimum absolute atomic E-state index is 0.0707. The predicted molar refractivity (Wildman–Crippen MR) is 160 cm³/mol. The van der Waals surface area contributed by atoms with E-state index in [9.17, 15) is 28.1 Å². The van der Waals surface area contributed by atoms with Gasteiger partial charge in [0.2, 0.25) is 11.8 Å². The topological polar surface area (TPSA) is 139 Å². The van der Waals surface area contributed by atoms with Crippen LogP contribution in [0.3, 0.4) is 0 Å². The van der Waals surface area contributed by atoms with E-state index in [1.807, 2.05) is 31.2 Å². The number of carbonyl (C=O) groups excluding carboxylic acids is 2. The van der Waals surface area contributed by atoms with Crippen LogP contribution in [-0.2, 0) is 26.2 Å². The molecule has 0 aliphatic heterocycles. The molecule has 0 spiro atoms. The fraction of sp³-hybridized carbons (Fsp3) is 0.333. The number of nitrogens with zero attached hydrogens (tertiary/aromatic N) is 3. The molecule has 1 N–H and O–H groups in total. The number of likely N-dealkylation sites (N-methyl/N-ethyl adjacent to an activating group) is 1. The fourth-order valence-electron chi connectivity index (χ4n) is 4.45. The van der Waals surface area contributed by atoms with E-state index in [1.54, 1.807) is 26.0 Å². The van der Waals surface area contributed by atoms with Crippen molar-refractivity contribution in [1.29, 1.82) is 0 Å². The first kappa shape index (κ1) is 32.1. The van der Waals surface area contributed by atoms with Gasteiger partial charge in [0, 0.05) is 24.7 Å². The van der Waals surface area contributed by atoms with Crippen LogP contribution in [0.4, 0.5) is 11.4 Å². The van der Waals surface area contributed by atoms with Crippen molar-refractivity contribution in [3.8, 4) is 5.75 Å². The number of nitro groups is 1. The number of methoxy groups -OCH3 is 1. The number of hydrogen-bond donors (Lipinski definition) is 1. The molecule has 11 nitrogen and oxygen atoms in total. The van der Waals surface area contributed by atoms with Crippen molar-refractivity contribution in [1.82, 2.24) is 10.2 Å². The highest BCUT2D eigenvalue weighted by atomic mass is 32.2. The lowest BCUT2D eigenvalue weighted by molar-refractivity contribution is -0.385. The number of hydrogen-bond acceptors (Lipinski definition) is 7. The highest BCUT2D eigenvalue weighted by Crippen LogP contribution is 2.29. The monoisotopic (exact) mass is 596 g/mol.